The molecule has 2 heteroatoms. The summed E-state index contributed by atoms with van der Waals surface area (Å²) in [6.07, 6.45) is 3.10. The predicted molar refractivity (Wildman–Crippen MR) is 88.8 cm³/mol. The van der Waals surface area contributed by atoms with Gasteiger partial charge in [-0.1, -0.05) is 20.8 Å². The van der Waals surface area contributed by atoms with E-state index in [1.54, 1.807) is 0 Å². The van der Waals surface area contributed by atoms with Crippen molar-refractivity contribution >= 4 is 0 Å². The SMILES string of the molecule is CCc1cc(C)nc(CCc2cc(C)nc(C(C)C)c2)c1. The Hall–Kier alpha value is -1.70. The molecule has 0 unspecified atom stereocenters. The molecule has 0 aliphatic carbocycles. The maximum atomic E-state index is 4.66. The average Bonchev–Trinajstić information content (AvgIpc) is 2.44. The molecule has 0 atom stereocenters. The first-order chi connectivity index (χ1) is 9.97. The van der Waals surface area contributed by atoms with Crippen LogP contribution in [0.25, 0.3) is 0 Å². The van der Waals surface area contributed by atoms with Crippen LogP contribution in [0.3, 0.4) is 0 Å². The van der Waals surface area contributed by atoms with Crippen molar-refractivity contribution in [2.75, 3.05) is 0 Å². The normalized spacial score (nSPS) is 11.1. The van der Waals surface area contributed by atoms with Crippen LogP contribution in [-0.2, 0) is 19.3 Å². The summed E-state index contributed by atoms with van der Waals surface area (Å²) in [5, 5.41) is 0. The van der Waals surface area contributed by atoms with Crippen molar-refractivity contribution in [3.63, 3.8) is 0 Å². The van der Waals surface area contributed by atoms with Crippen LogP contribution in [0.4, 0.5) is 0 Å². The third-order valence-corrected chi connectivity index (χ3v) is 3.77. The summed E-state index contributed by atoms with van der Waals surface area (Å²) in [5.41, 5.74) is 7.38. The Kier molecular flexibility index (Phi) is 5.11. The van der Waals surface area contributed by atoms with Gasteiger partial charge in [-0.25, -0.2) is 0 Å². The molecule has 2 aromatic heterocycles. The molecule has 0 N–H and O–H groups in total. The smallest absolute Gasteiger partial charge is 0.0434 e. The zero-order chi connectivity index (χ0) is 15.4. The van der Waals surface area contributed by atoms with Crippen molar-refractivity contribution in [2.24, 2.45) is 0 Å². The largest absolute Gasteiger partial charge is 0.258 e. The van der Waals surface area contributed by atoms with Gasteiger partial charge in [0.25, 0.3) is 0 Å². The molecule has 0 aliphatic rings. The van der Waals surface area contributed by atoms with Gasteiger partial charge in [0.2, 0.25) is 0 Å². The van der Waals surface area contributed by atoms with E-state index in [2.05, 4.69) is 68.9 Å². The molecule has 2 rings (SSSR count). The highest BCUT2D eigenvalue weighted by molar-refractivity contribution is 5.25. The van der Waals surface area contributed by atoms with Gasteiger partial charge in [-0.05, 0) is 74.4 Å². The zero-order valence-electron chi connectivity index (χ0n) is 13.9. The Morgan fingerprint density at radius 2 is 1.52 bits per heavy atom. The first-order valence-electron chi connectivity index (χ1n) is 7.91. The Labute approximate surface area is 128 Å². The topological polar surface area (TPSA) is 25.8 Å². The maximum absolute atomic E-state index is 4.66. The van der Waals surface area contributed by atoms with E-state index >= 15 is 0 Å². The molecule has 112 valence electrons. The van der Waals surface area contributed by atoms with Gasteiger partial charge in [0.05, 0.1) is 0 Å². The van der Waals surface area contributed by atoms with E-state index in [0.29, 0.717) is 5.92 Å². The molecule has 0 radical (unpaired) electrons. The quantitative estimate of drug-likeness (QED) is 0.803. The standard InChI is InChI=1S/C19H26N2/c1-6-16-9-14(4)20-18(11-16)8-7-17-10-15(5)21-19(12-17)13(2)3/h9-13H,6-8H2,1-5H3. The molecule has 2 aromatic rings. The van der Waals surface area contributed by atoms with Gasteiger partial charge in [-0.2, -0.15) is 0 Å². The second-order valence-electron chi connectivity index (χ2n) is 6.16. The van der Waals surface area contributed by atoms with Crippen LogP contribution >= 0.6 is 0 Å². The number of aryl methyl sites for hydroxylation is 5. The van der Waals surface area contributed by atoms with Gasteiger partial charge in [0.15, 0.2) is 0 Å². The highest BCUT2D eigenvalue weighted by Gasteiger charge is 2.06. The molecule has 0 bridgehead atoms. The van der Waals surface area contributed by atoms with Gasteiger partial charge in [0, 0.05) is 22.8 Å². The van der Waals surface area contributed by atoms with Crippen LogP contribution in [0.1, 0.15) is 60.6 Å². The van der Waals surface area contributed by atoms with Crippen molar-refractivity contribution in [3.05, 3.63) is 58.2 Å². The maximum Gasteiger partial charge on any atom is 0.0434 e. The summed E-state index contributed by atoms with van der Waals surface area (Å²) < 4.78 is 0. The number of hydrogen-bond acceptors (Lipinski definition) is 2. The van der Waals surface area contributed by atoms with Gasteiger partial charge in [-0.3, -0.25) is 9.97 Å². The Morgan fingerprint density at radius 3 is 2.19 bits per heavy atom. The minimum absolute atomic E-state index is 0.479. The number of rotatable bonds is 5. The molecule has 0 fully saturated rings. The van der Waals surface area contributed by atoms with E-state index < -0.39 is 0 Å². The molecule has 0 aliphatic heterocycles. The lowest BCUT2D eigenvalue weighted by molar-refractivity contribution is 0.803. The van der Waals surface area contributed by atoms with Crippen molar-refractivity contribution in [2.45, 2.75) is 59.8 Å². The number of nitrogens with zero attached hydrogens (tertiary/aromatic N) is 2. The second kappa shape index (κ2) is 6.84. The number of hydrogen-bond donors (Lipinski definition) is 0. The predicted octanol–water partition coefficient (Wildman–Crippen LogP) is 4.56. The van der Waals surface area contributed by atoms with Crippen LogP contribution in [0.15, 0.2) is 24.3 Å². The van der Waals surface area contributed by atoms with Crippen molar-refractivity contribution in [1.82, 2.24) is 9.97 Å². The van der Waals surface area contributed by atoms with Crippen LogP contribution in [0, 0.1) is 13.8 Å². The van der Waals surface area contributed by atoms with E-state index in [9.17, 15) is 0 Å². The molecule has 2 nitrogen and oxygen atoms in total. The molecule has 0 saturated heterocycles. The zero-order valence-corrected chi connectivity index (χ0v) is 13.9. The fourth-order valence-corrected chi connectivity index (χ4v) is 2.63. The minimum Gasteiger partial charge on any atom is -0.258 e. The highest BCUT2D eigenvalue weighted by atomic mass is 14.7. The second-order valence-corrected chi connectivity index (χ2v) is 6.16. The lowest BCUT2D eigenvalue weighted by Crippen LogP contribution is -2.01. The summed E-state index contributed by atoms with van der Waals surface area (Å²) in [7, 11) is 0. The fraction of sp³-hybridized carbons (Fsp3) is 0.474. The van der Waals surface area contributed by atoms with E-state index in [-0.39, 0.29) is 0 Å². The Morgan fingerprint density at radius 1 is 0.857 bits per heavy atom. The summed E-state index contributed by atoms with van der Waals surface area (Å²) >= 11 is 0. The van der Waals surface area contributed by atoms with E-state index in [4.69, 9.17) is 0 Å². The monoisotopic (exact) mass is 282 g/mol. The summed E-state index contributed by atoms with van der Waals surface area (Å²) in [5.74, 6) is 0.479. The van der Waals surface area contributed by atoms with Gasteiger partial charge >= 0.3 is 0 Å². The van der Waals surface area contributed by atoms with Crippen LogP contribution in [0.2, 0.25) is 0 Å². The highest BCUT2D eigenvalue weighted by Crippen LogP contribution is 2.16. The molecule has 21 heavy (non-hydrogen) atoms. The molecule has 2 heterocycles. The summed E-state index contributed by atoms with van der Waals surface area (Å²) in [6, 6.07) is 8.86. The molecule has 0 amide bonds. The van der Waals surface area contributed by atoms with Gasteiger partial charge < -0.3 is 0 Å². The first kappa shape index (κ1) is 15.7. The molecular weight excluding hydrogens is 256 g/mol. The van der Waals surface area contributed by atoms with E-state index in [1.165, 1.54) is 22.5 Å². The molecule has 0 spiro atoms. The van der Waals surface area contributed by atoms with Crippen molar-refractivity contribution in [1.29, 1.82) is 0 Å². The fourth-order valence-electron chi connectivity index (χ4n) is 2.63. The summed E-state index contributed by atoms with van der Waals surface area (Å²) in [6.45, 7) is 10.7. The molecule has 0 saturated carbocycles. The van der Waals surface area contributed by atoms with Crippen LogP contribution < -0.4 is 0 Å². The first-order valence-corrected chi connectivity index (χ1v) is 7.91. The van der Waals surface area contributed by atoms with E-state index in [1.807, 2.05) is 0 Å². The number of pyridine rings is 2. The number of aromatic nitrogens is 2. The average molecular weight is 282 g/mol. The molecular formula is C19H26N2. The van der Waals surface area contributed by atoms with Crippen molar-refractivity contribution in [3.8, 4) is 0 Å². The Balaban J connectivity index is 2.14. The third-order valence-electron chi connectivity index (χ3n) is 3.77. The van der Waals surface area contributed by atoms with Crippen LogP contribution in [0.5, 0.6) is 0 Å². The minimum atomic E-state index is 0.479. The van der Waals surface area contributed by atoms with Crippen molar-refractivity contribution < 1.29 is 0 Å². The molecule has 0 aromatic carbocycles. The van der Waals surface area contributed by atoms with Crippen LogP contribution in [-0.4, -0.2) is 9.97 Å². The van der Waals surface area contributed by atoms with Gasteiger partial charge in [-0.15, -0.1) is 0 Å². The Bertz CT molecular complexity index is 615. The van der Waals surface area contributed by atoms with Gasteiger partial charge in [0.1, 0.15) is 0 Å². The summed E-state index contributed by atoms with van der Waals surface area (Å²) in [4.78, 5) is 9.28. The third kappa shape index (κ3) is 4.38. The lowest BCUT2D eigenvalue weighted by Gasteiger charge is -2.10. The lowest BCUT2D eigenvalue weighted by atomic mass is 10.0. The van der Waals surface area contributed by atoms with E-state index in [0.717, 1.165) is 30.7 Å².